The van der Waals surface area contributed by atoms with Gasteiger partial charge in [0.2, 0.25) is 15.9 Å². The zero-order valence-electron chi connectivity index (χ0n) is 14.7. The molecule has 1 aliphatic heterocycles. The summed E-state index contributed by atoms with van der Waals surface area (Å²) in [5.74, 6) is -0.370. The highest BCUT2D eigenvalue weighted by Crippen LogP contribution is 2.23. The molecule has 1 aliphatic rings. The van der Waals surface area contributed by atoms with Gasteiger partial charge >= 0.3 is 0 Å². The van der Waals surface area contributed by atoms with E-state index in [0.29, 0.717) is 36.7 Å². The number of benzene rings is 1. The Morgan fingerprint density at radius 2 is 1.92 bits per heavy atom. The summed E-state index contributed by atoms with van der Waals surface area (Å²) >= 11 is 5.45. The largest absolute Gasteiger partial charge is 0.369 e. The van der Waals surface area contributed by atoms with Crippen LogP contribution in [-0.2, 0) is 14.8 Å². The number of hydrogen-bond donors (Lipinski definition) is 2. The lowest BCUT2D eigenvalue weighted by Gasteiger charge is -2.32. The minimum Gasteiger partial charge on any atom is -0.369 e. The molecule has 0 spiro atoms. The van der Waals surface area contributed by atoms with E-state index in [1.807, 2.05) is 11.8 Å². The number of hydrogen-bond acceptors (Lipinski definition) is 4. The van der Waals surface area contributed by atoms with Gasteiger partial charge in [0, 0.05) is 38.8 Å². The quantitative estimate of drug-likeness (QED) is 0.756. The van der Waals surface area contributed by atoms with Crippen molar-refractivity contribution in [1.82, 2.24) is 9.21 Å². The van der Waals surface area contributed by atoms with Gasteiger partial charge in [0.25, 0.3) is 0 Å². The molecule has 1 fully saturated rings. The van der Waals surface area contributed by atoms with Gasteiger partial charge < -0.3 is 16.0 Å². The minimum atomic E-state index is -3.51. The standard InChI is InChI=1S/C16H24N4O3S2/c1-11-4-5-13(25(22,23)19(2)3)10-14(11)18-16(24)20-8-6-12(7-9-20)15(17)21/h4-5,10,12H,6-9H2,1-3H3,(H2,17,21)(H,18,24). The van der Waals surface area contributed by atoms with Crippen molar-refractivity contribution in [2.75, 3.05) is 32.5 Å². The van der Waals surface area contributed by atoms with E-state index in [0.717, 1.165) is 5.56 Å². The first-order chi connectivity index (χ1) is 11.6. The molecule has 1 amide bonds. The Bertz CT molecular complexity index is 770. The second-order valence-corrected chi connectivity index (χ2v) is 8.90. The van der Waals surface area contributed by atoms with Crippen LogP contribution in [0.25, 0.3) is 0 Å². The molecule has 9 heteroatoms. The Hall–Kier alpha value is -1.71. The molecule has 1 aromatic carbocycles. The summed E-state index contributed by atoms with van der Waals surface area (Å²) < 4.78 is 25.8. The zero-order valence-corrected chi connectivity index (χ0v) is 16.3. The van der Waals surface area contributed by atoms with Gasteiger partial charge in [-0.15, -0.1) is 0 Å². The topological polar surface area (TPSA) is 95.7 Å². The van der Waals surface area contributed by atoms with Crippen LogP contribution in [0.4, 0.5) is 5.69 Å². The summed E-state index contributed by atoms with van der Waals surface area (Å²) in [7, 11) is -0.517. The maximum Gasteiger partial charge on any atom is 0.242 e. The number of anilines is 1. The first-order valence-electron chi connectivity index (χ1n) is 8.01. The predicted molar refractivity (Wildman–Crippen MR) is 102 cm³/mol. The average molecular weight is 385 g/mol. The molecule has 0 unspecified atom stereocenters. The summed E-state index contributed by atoms with van der Waals surface area (Å²) in [5, 5.41) is 3.65. The monoisotopic (exact) mass is 384 g/mol. The second-order valence-electron chi connectivity index (χ2n) is 6.36. The van der Waals surface area contributed by atoms with Gasteiger partial charge in [0.15, 0.2) is 5.11 Å². The number of primary amides is 1. The molecule has 138 valence electrons. The molecule has 1 saturated heterocycles. The van der Waals surface area contributed by atoms with Crippen LogP contribution in [-0.4, -0.2) is 55.8 Å². The molecule has 0 bridgehead atoms. The summed E-state index contributed by atoms with van der Waals surface area (Å²) in [6.45, 7) is 3.18. The van der Waals surface area contributed by atoms with Crippen molar-refractivity contribution in [2.24, 2.45) is 11.7 Å². The van der Waals surface area contributed by atoms with Crippen LogP contribution < -0.4 is 11.1 Å². The number of piperidine rings is 1. The van der Waals surface area contributed by atoms with Crippen LogP contribution >= 0.6 is 12.2 Å². The first-order valence-corrected chi connectivity index (χ1v) is 9.86. The van der Waals surface area contributed by atoms with Crippen LogP contribution in [0, 0.1) is 12.8 Å². The van der Waals surface area contributed by atoms with Crippen LogP contribution in [0.2, 0.25) is 0 Å². The Morgan fingerprint density at radius 3 is 2.44 bits per heavy atom. The van der Waals surface area contributed by atoms with Gasteiger partial charge in [-0.3, -0.25) is 4.79 Å². The molecule has 0 aromatic heterocycles. The molecule has 1 aromatic rings. The minimum absolute atomic E-state index is 0.102. The summed E-state index contributed by atoms with van der Waals surface area (Å²) in [6.07, 6.45) is 1.34. The van der Waals surface area contributed by atoms with Crippen molar-refractivity contribution in [3.63, 3.8) is 0 Å². The Labute approximate surface area is 154 Å². The van der Waals surface area contributed by atoms with Gasteiger partial charge in [-0.25, -0.2) is 12.7 Å². The highest BCUT2D eigenvalue weighted by Gasteiger charge is 2.25. The fourth-order valence-electron chi connectivity index (χ4n) is 2.67. The Kier molecular flexibility index (Phi) is 6.02. The lowest BCUT2D eigenvalue weighted by atomic mass is 9.97. The van der Waals surface area contributed by atoms with E-state index in [2.05, 4.69) is 5.32 Å². The molecule has 0 radical (unpaired) electrons. The third-order valence-corrected chi connectivity index (χ3v) is 6.59. The molecular formula is C16H24N4O3S2. The molecule has 25 heavy (non-hydrogen) atoms. The van der Waals surface area contributed by atoms with Crippen molar-refractivity contribution in [2.45, 2.75) is 24.7 Å². The van der Waals surface area contributed by atoms with Gasteiger partial charge in [-0.05, 0) is 49.7 Å². The number of rotatable bonds is 4. The van der Waals surface area contributed by atoms with Gasteiger partial charge in [0.1, 0.15) is 0 Å². The Morgan fingerprint density at radius 1 is 1.32 bits per heavy atom. The van der Waals surface area contributed by atoms with Crippen molar-refractivity contribution in [3.8, 4) is 0 Å². The Balaban J connectivity index is 2.12. The van der Waals surface area contributed by atoms with Crippen LogP contribution in [0.15, 0.2) is 23.1 Å². The fourth-order valence-corrected chi connectivity index (χ4v) is 3.89. The van der Waals surface area contributed by atoms with Gasteiger partial charge in [0.05, 0.1) is 4.90 Å². The molecule has 2 rings (SSSR count). The highest BCUT2D eigenvalue weighted by molar-refractivity contribution is 7.89. The van der Waals surface area contributed by atoms with Crippen LogP contribution in [0.5, 0.6) is 0 Å². The number of amides is 1. The van der Waals surface area contributed by atoms with Crippen LogP contribution in [0.3, 0.4) is 0 Å². The third kappa shape index (κ3) is 4.47. The molecule has 0 aliphatic carbocycles. The number of carbonyl (C=O) groups is 1. The molecule has 0 saturated carbocycles. The van der Waals surface area contributed by atoms with E-state index < -0.39 is 10.0 Å². The number of nitrogens with one attached hydrogen (secondary N) is 1. The van der Waals surface area contributed by atoms with Crippen molar-refractivity contribution >= 4 is 38.9 Å². The molecule has 7 nitrogen and oxygen atoms in total. The fraction of sp³-hybridized carbons (Fsp3) is 0.500. The van der Waals surface area contributed by atoms with Gasteiger partial charge in [-0.1, -0.05) is 6.07 Å². The van der Waals surface area contributed by atoms with Crippen LogP contribution in [0.1, 0.15) is 18.4 Å². The maximum absolute atomic E-state index is 12.3. The maximum atomic E-state index is 12.3. The highest BCUT2D eigenvalue weighted by atomic mass is 32.2. The number of thiocarbonyl (C=S) groups is 1. The number of nitrogens with zero attached hydrogens (tertiary/aromatic N) is 2. The zero-order chi connectivity index (χ0) is 18.8. The van der Waals surface area contributed by atoms with E-state index in [4.69, 9.17) is 18.0 Å². The molecule has 0 atom stereocenters. The summed E-state index contributed by atoms with van der Waals surface area (Å²) in [5.41, 5.74) is 6.90. The summed E-state index contributed by atoms with van der Waals surface area (Å²) in [6, 6.07) is 4.92. The molecule has 3 N–H and O–H groups in total. The smallest absolute Gasteiger partial charge is 0.242 e. The lowest BCUT2D eigenvalue weighted by Crippen LogP contribution is -2.43. The normalized spacial score (nSPS) is 16.1. The molecule has 1 heterocycles. The number of carbonyl (C=O) groups excluding carboxylic acids is 1. The van der Waals surface area contributed by atoms with E-state index >= 15 is 0 Å². The SMILES string of the molecule is Cc1ccc(S(=O)(=O)N(C)C)cc1NC(=S)N1CCC(C(N)=O)CC1. The lowest BCUT2D eigenvalue weighted by molar-refractivity contribution is -0.122. The van der Waals surface area contributed by atoms with E-state index in [1.54, 1.807) is 18.2 Å². The first kappa shape index (κ1) is 19.6. The average Bonchev–Trinajstić information content (AvgIpc) is 2.56. The predicted octanol–water partition coefficient (Wildman–Crippen LogP) is 1.14. The van der Waals surface area contributed by atoms with E-state index in [9.17, 15) is 13.2 Å². The van der Waals surface area contributed by atoms with Crippen molar-refractivity contribution in [1.29, 1.82) is 0 Å². The number of sulfonamides is 1. The van der Waals surface area contributed by atoms with E-state index in [-0.39, 0.29) is 16.7 Å². The van der Waals surface area contributed by atoms with E-state index in [1.165, 1.54) is 18.4 Å². The second kappa shape index (κ2) is 7.67. The van der Waals surface area contributed by atoms with Crippen molar-refractivity contribution in [3.05, 3.63) is 23.8 Å². The van der Waals surface area contributed by atoms with Gasteiger partial charge in [-0.2, -0.15) is 0 Å². The number of aryl methyl sites for hydroxylation is 1. The third-order valence-electron chi connectivity index (χ3n) is 4.41. The molecular weight excluding hydrogens is 360 g/mol. The van der Waals surface area contributed by atoms with Crippen molar-refractivity contribution < 1.29 is 13.2 Å². The number of nitrogens with two attached hydrogens (primary N) is 1. The number of likely N-dealkylation sites (tertiary alicyclic amines) is 1. The summed E-state index contributed by atoms with van der Waals surface area (Å²) in [4.78, 5) is 13.4.